The van der Waals surface area contributed by atoms with Crippen LogP contribution in [0.1, 0.15) is 21.7 Å². The van der Waals surface area contributed by atoms with E-state index in [1.54, 1.807) is 29.5 Å². The Balaban J connectivity index is 1.53. The van der Waals surface area contributed by atoms with Crippen molar-refractivity contribution in [2.75, 3.05) is 5.32 Å². The summed E-state index contributed by atoms with van der Waals surface area (Å²) in [7, 11) is 0. The number of aromatic amines is 1. The van der Waals surface area contributed by atoms with Gasteiger partial charge in [-0.15, -0.1) is 0 Å². The van der Waals surface area contributed by atoms with E-state index in [9.17, 15) is 4.79 Å². The molecule has 1 aromatic carbocycles. The molecule has 2 N–H and O–H groups in total. The van der Waals surface area contributed by atoms with Gasteiger partial charge in [-0.25, -0.2) is 9.97 Å². The Bertz CT molecular complexity index is 1330. The number of fused-ring (bicyclic) bond motifs is 2. The Morgan fingerprint density at radius 1 is 1.25 bits per heavy atom. The first-order chi connectivity index (χ1) is 13.6. The van der Waals surface area contributed by atoms with Crippen LogP contribution in [0.25, 0.3) is 27.8 Å². The second kappa shape index (κ2) is 6.05. The highest BCUT2D eigenvalue weighted by atomic mass is 16.3. The van der Waals surface area contributed by atoms with E-state index in [1.807, 2.05) is 38.1 Å². The Morgan fingerprint density at radius 3 is 2.96 bits per heavy atom. The highest BCUT2D eigenvalue weighted by molar-refractivity contribution is 6.07. The number of hydrogen-bond donors (Lipinski definition) is 2. The average molecular weight is 372 g/mol. The number of imidazole rings is 1. The summed E-state index contributed by atoms with van der Waals surface area (Å²) in [5.74, 6) is -0.217. The summed E-state index contributed by atoms with van der Waals surface area (Å²) in [4.78, 5) is 21.5. The van der Waals surface area contributed by atoms with Crippen molar-refractivity contribution in [3.05, 3.63) is 66.3 Å². The lowest BCUT2D eigenvalue weighted by Gasteiger charge is -2.12. The summed E-state index contributed by atoms with van der Waals surface area (Å²) in [5, 5.41) is 11.2. The minimum atomic E-state index is -0.217. The first-order valence-electron chi connectivity index (χ1n) is 8.73. The monoisotopic (exact) mass is 372 g/mol. The van der Waals surface area contributed by atoms with E-state index in [0.29, 0.717) is 16.9 Å². The van der Waals surface area contributed by atoms with Crippen LogP contribution in [0.15, 0.2) is 53.7 Å². The topological polar surface area (TPSA) is 101 Å². The van der Waals surface area contributed by atoms with Crippen molar-refractivity contribution in [1.82, 2.24) is 24.6 Å². The van der Waals surface area contributed by atoms with E-state index in [1.165, 1.54) is 0 Å². The van der Waals surface area contributed by atoms with Gasteiger partial charge in [-0.3, -0.25) is 14.3 Å². The molecule has 0 aliphatic rings. The van der Waals surface area contributed by atoms with Crippen LogP contribution < -0.4 is 5.32 Å². The molecule has 0 aliphatic heterocycles. The number of amides is 1. The summed E-state index contributed by atoms with van der Waals surface area (Å²) in [6.45, 7) is 3.71. The van der Waals surface area contributed by atoms with Gasteiger partial charge in [-0.05, 0) is 38.1 Å². The quantitative estimate of drug-likeness (QED) is 0.502. The number of nitrogens with zero attached hydrogens (tertiary/aromatic N) is 4. The van der Waals surface area contributed by atoms with Crippen molar-refractivity contribution >= 4 is 28.1 Å². The van der Waals surface area contributed by atoms with Gasteiger partial charge in [0.05, 0.1) is 35.5 Å². The predicted octanol–water partition coefficient (Wildman–Crippen LogP) is 3.73. The second-order valence-electron chi connectivity index (χ2n) is 6.58. The summed E-state index contributed by atoms with van der Waals surface area (Å²) in [6.07, 6.45) is 6.57. The molecule has 5 aromatic rings. The molecular weight excluding hydrogens is 356 g/mol. The largest absolute Gasteiger partial charge is 0.472 e. The highest BCUT2D eigenvalue weighted by Gasteiger charge is 2.18. The van der Waals surface area contributed by atoms with Crippen molar-refractivity contribution in [1.29, 1.82) is 0 Å². The molecule has 0 fully saturated rings. The maximum absolute atomic E-state index is 13.0. The number of anilines is 1. The minimum Gasteiger partial charge on any atom is -0.472 e. The molecule has 0 saturated heterocycles. The van der Waals surface area contributed by atoms with Crippen LogP contribution in [0.4, 0.5) is 5.69 Å². The number of benzene rings is 1. The minimum absolute atomic E-state index is 0.217. The molecule has 0 radical (unpaired) electrons. The SMILES string of the molecule is Cc1nc2cncn2c(C)c1C(=O)Nc1ccc2[nH]nc(-c3ccoc3)c2c1. The van der Waals surface area contributed by atoms with Gasteiger partial charge in [-0.2, -0.15) is 5.10 Å². The normalized spacial score (nSPS) is 11.4. The molecule has 138 valence electrons. The molecule has 0 unspecified atom stereocenters. The van der Waals surface area contributed by atoms with Crippen LogP contribution in [0.3, 0.4) is 0 Å². The van der Waals surface area contributed by atoms with Crippen molar-refractivity contribution in [3.63, 3.8) is 0 Å². The van der Waals surface area contributed by atoms with Gasteiger partial charge in [0, 0.05) is 22.3 Å². The molecule has 0 saturated carbocycles. The zero-order chi connectivity index (χ0) is 19.3. The van der Waals surface area contributed by atoms with Crippen LogP contribution >= 0.6 is 0 Å². The standard InChI is InChI=1S/C20H16N6O2/c1-11-18(12(2)26-10-21-8-17(26)22-11)20(27)23-14-3-4-16-15(7-14)19(25-24-16)13-5-6-28-9-13/h3-10H,1-2H3,(H,23,27)(H,24,25). The van der Waals surface area contributed by atoms with Gasteiger partial charge < -0.3 is 9.73 Å². The molecule has 8 nitrogen and oxygen atoms in total. The number of aromatic nitrogens is 5. The third-order valence-corrected chi connectivity index (χ3v) is 4.83. The molecule has 0 atom stereocenters. The molecule has 8 heteroatoms. The van der Waals surface area contributed by atoms with Gasteiger partial charge in [0.1, 0.15) is 12.0 Å². The van der Waals surface area contributed by atoms with E-state index >= 15 is 0 Å². The van der Waals surface area contributed by atoms with E-state index in [0.717, 1.165) is 33.5 Å². The molecule has 5 rings (SSSR count). The van der Waals surface area contributed by atoms with E-state index in [-0.39, 0.29) is 5.91 Å². The number of carbonyl (C=O) groups is 1. The number of carbonyl (C=O) groups excluding carboxylic acids is 1. The maximum Gasteiger partial charge on any atom is 0.259 e. The molecule has 1 amide bonds. The molecule has 0 aliphatic carbocycles. The number of H-pyrrole nitrogens is 1. The first kappa shape index (κ1) is 16.2. The molecule has 0 spiro atoms. The second-order valence-corrected chi connectivity index (χ2v) is 6.58. The van der Waals surface area contributed by atoms with Gasteiger partial charge in [0.25, 0.3) is 5.91 Å². The Hall–Kier alpha value is -3.94. The van der Waals surface area contributed by atoms with E-state index in [4.69, 9.17) is 4.42 Å². The van der Waals surface area contributed by atoms with Crippen molar-refractivity contribution in [3.8, 4) is 11.3 Å². The fourth-order valence-electron chi connectivity index (χ4n) is 3.47. The van der Waals surface area contributed by atoms with Crippen LogP contribution in [0.5, 0.6) is 0 Å². The zero-order valence-electron chi connectivity index (χ0n) is 15.2. The lowest BCUT2D eigenvalue weighted by Crippen LogP contribution is -2.17. The fourth-order valence-corrected chi connectivity index (χ4v) is 3.47. The molecule has 4 aromatic heterocycles. The third kappa shape index (κ3) is 2.46. The smallest absolute Gasteiger partial charge is 0.259 e. The number of furan rings is 1. The summed E-state index contributed by atoms with van der Waals surface area (Å²) in [5.41, 5.74) is 5.90. The summed E-state index contributed by atoms with van der Waals surface area (Å²) >= 11 is 0. The fraction of sp³-hybridized carbons (Fsp3) is 0.100. The number of rotatable bonds is 3. The van der Waals surface area contributed by atoms with Gasteiger partial charge in [0.15, 0.2) is 5.65 Å². The van der Waals surface area contributed by atoms with Gasteiger partial charge >= 0.3 is 0 Å². The Labute approximate surface area is 159 Å². The van der Waals surface area contributed by atoms with E-state index in [2.05, 4.69) is 25.5 Å². The zero-order valence-corrected chi connectivity index (χ0v) is 15.2. The van der Waals surface area contributed by atoms with Crippen molar-refractivity contribution in [2.24, 2.45) is 0 Å². The summed E-state index contributed by atoms with van der Waals surface area (Å²) in [6, 6.07) is 7.47. The van der Waals surface area contributed by atoms with Gasteiger partial charge in [-0.1, -0.05) is 0 Å². The number of aryl methyl sites for hydroxylation is 2. The highest BCUT2D eigenvalue weighted by Crippen LogP contribution is 2.29. The molecule has 28 heavy (non-hydrogen) atoms. The number of nitrogens with one attached hydrogen (secondary N) is 2. The van der Waals surface area contributed by atoms with E-state index < -0.39 is 0 Å². The van der Waals surface area contributed by atoms with Crippen LogP contribution in [-0.2, 0) is 0 Å². The molecule has 4 heterocycles. The predicted molar refractivity (Wildman–Crippen MR) is 104 cm³/mol. The van der Waals surface area contributed by atoms with Gasteiger partial charge in [0.2, 0.25) is 0 Å². The lowest BCUT2D eigenvalue weighted by atomic mass is 10.1. The molecular formula is C20H16N6O2. The Morgan fingerprint density at radius 2 is 2.14 bits per heavy atom. The average Bonchev–Trinajstić information content (AvgIpc) is 3.41. The van der Waals surface area contributed by atoms with Crippen LogP contribution in [0.2, 0.25) is 0 Å². The summed E-state index contributed by atoms with van der Waals surface area (Å²) < 4.78 is 6.96. The maximum atomic E-state index is 13.0. The lowest BCUT2D eigenvalue weighted by molar-refractivity contribution is 0.102. The first-order valence-corrected chi connectivity index (χ1v) is 8.73. The molecule has 0 bridgehead atoms. The van der Waals surface area contributed by atoms with Crippen LogP contribution in [0, 0.1) is 13.8 Å². The Kier molecular flexibility index (Phi) is 3.51. The van der Waals surface area contributed by atoms with Crippen molar-refractivity contribution in [2.45, 2.75) is 13.8 Å². The van der Waals surface area contributed by atoms with Crippen LogP contribution in [-0.4, -0.2) is 30.5 Å². The number of hydrogen-bond acceptors (Lipinski definition) is 5. The van der Waals surface area contributed by atoms with Crippen molar-refractivity contribution < 1.29 is 9.21 Å². The third-order valence-electron chi connectivity index (χ3n) is 4.83.